The second kappa shape index (κ2) is 9.48. The van der Waals surface area contributed by atoms with Crippen molar-refractivity contribution >= 4 is 17.8 Å². The number of aryl methyl sites for hydroxylation is 1. The molecule has 2 atom stereocenters. The Morgan fingerprint density at radius 2 is 2.03 bits per heavy atom. The van der Waals surface area contributed by atoms with Gasteiger partial charge >= 0.3 is 12.2 Å². The maximum atomic E-state index is 14.2. The fraction of sp³-hybridized carbons (Fsp3) is 0.522. The highest BCUT2D eigenvalue weighted by atomic mass is 19.4. The second-order valence-electron chi connectivity index (χ2n) is 9.22. The van der Waals surface area contributed by atoms with Gasteiger partial charge in [-0.15, -0.1) is 0 Å². The maximum absolute atomic E-state index is 14.2. The Kier molecular flexibility index (Phi) is 6.76. The molecule has 2 aromatic rings. The molecular weight excluding hydrogens is 468 g/mol. The summed E-state index contributed by atoms with van der Waals surface area (Å²) in [4.78, 5) is 31.6. The molecule has 2 fully saturated rings. The predicted molar refractivity (Wildman–Crippen MR) is 120 cm³/mol. The van der Waals surface area contributed by atoms with Crippen LogP contribution in [0.2, 0.25) is 0 Å². The van der Waals surface area contributed by atoms with Gasteiger partial charge in [-0.3, -0.25) is 14.8 Å². The number of nitrogens with one attached hydrogen (secondary N) is 2. The van der Waals surface area contributed by atoms with E-state index < -0.39 is 29.0 Å². The van der Waals surface area contributed by atoms with Gasteiger partial charge in [0.1, 0.15) is 5.82 Å². The third kappa shape index (κ3) is 4.97. The SMILES string of the molecule is Cc1[nH]nc(NC(=O)c2c(F)cccc2C(F)(F)F)c1CN(C)C(=O)N1C[C@@H]2CCCN2CC1C. The number of alkyl halides is 3. The second-order valence-corrected chi connectivity index (χ2v) is 9.22. The van der Waals surface area contributed by atoms with Crippen molar-refractivity contribution in [2.75, 3.05) is 32.0 Å². The molecule has 1 aromatic carbocycles. The Morgan fingerprint density at radius 3 is 2.74 bits per heavy atom. The topological polar surface area (TPSA) is 84.6 Å². The molecule has 0 saturated carbocycles. The summed E-state index contributed by atoms with van der Waals surface area (Å²) in [5, 5.41) is 8.93. The zero-order chi connectivity index (χ0) is 25.5. The van der Waals surface area contributed by atoms with Gasteiger partial charge in [0.15, 0.2) is 5.82 Å². The van der Waals surface area contributed by atoms with Crippen LogP contribution in [-0.2, 0) is 12.7 Å². The normalized spacial score (nSPS) is 20.6. The summed E-state index contributed by atoms with van der Waals surface area (Å²) in [5.41, 5.74) is -1.54. The van der Waals surface area contributed by atoms with Crippen LogP contribution in [-0.4, -0.2) is 75.6 Å². The van der Waals surface area contributed by atoms with Crippen LogP contribution >= 0.6 is 0 Å². The Bertz CT molecular complexity index is 1120. The quantitative estimate of drug-likeness (QED) is 0.630. The Morgan fingerprint density at radius 1 is 1.29 bits per heavy atom. The van der Waals surface area contributed by atoms with E-state index in [0.29, 0.717) is 29.9 Å². The molecule has 2 aliphatic rings. The molecule has 8 nitrogen and oxygen atoms in total. The fourth-order valence-corrected chi connectivity index (χ4v) is 4.89. The third-order valence-electron chi connectivity index (χ3n) is 6.76. The van der Waals surface area contributed by atoms with E-state index in [4.69, 9.17) is 0 Å². The molecule has 2 aliphatic heterocycles. The van der Waals surface area contributed by atoms with Crippen LogP contribution < -0.4 is 5.32 Å². The molecule has 3 heterocycles. The van der Waals surface area contributed by atoms with Crippen LogP contribution in [0.3, 0.4) is 0 Å². The Hall–Kier alpha value is -3.15. The number of H-pyrrole nitrogens is 1. The van der Waals surface area contributed by atoms with E-state index in [1.54, 1.807) is 14.0 Å². The number of urea groups is 1. The minimum Gasteiger partial charge on any atom is -0.323 e. The number of carbonyl (C=O) groups is 2. The first-order valence-electron chi connectivity index (χ1n) is 11.4. The van der Waals surface area contributed by atoms with Gasteiger partial charge in [-0.2, -0.15) is 18.3 Å². The molecule has 0 spiro atoms. The lowest BCUT2D eigenvalue weighted by Crippen LogP contribution is -2.58. The van der Waals surface area contributed by atoms with E-state index in [0.717, 1.165) is 38.1 Å². The van der Waals surface area contributed by atoms with Crippen LogP contribution in [0.5, 0.6) is 0 Å². The highest BCUT2D eigenvalue weighted by molar-refractivity contribution is 6.05. The summed E-state index contributed by atoms with van der Waals surface area (Å²) in [6.45, 7) is 6.20. The number of carbonyl (C=O) groups excluding carboxylic acids is 2. The summed E-state index contributed by atoms with van der Waals surface area (Å²) in [5.74, 6) is -2.63. The van der Waals surface area contributed by atoms with E-state index >= 15 is 0 Å². The van der Waals surface area contributed by atoms with Crippen LogP contribution in [0.4, 0.5) is 28.2 Å². The van der Waals surface area contributed by atoms with Crippen molar-refractivity contribution in [3.63, 3.8) is 0 Å². The van der Waals surface area contributed by atoms with E-state index in [-0.39, 0.29) is 24.4 Å². The monoisotopic (exact) mass is 496 g/mol. The average molecular weight is 497 g/mol. The molecule has 0 bridgehead atoms. The number of aromatic amines is 1. The van der Waals surface area contributed by atoms with Crippen molar-refractivity contribution in [2.45, 2.75) is 51.5 Å². The standard InChI is InChI=1S/C23H28F4N6O2/c1-13-10-32-9-5-6-15(32)11-33(13)22(35)31(3)12-16-14(2)29-30-20(16)28-21(34)19-17(23(25,26)27)7-4-8-18(19)24/h4,7-8,13,15H,5-6,9-12H2,1-3H3,(H2,28,29,30,34)/t13?,15-/m0/s1. The molecule has 4 rings (SSSR count). The number of fused-ring (bicyclic) bond motifs is 1. The van der Waals surface area contributed by atoms with Gasteiger partial charge in [0.2, 0.25) is 0 Å². The van der Waals surface area contributed by atoms with Crippen molar-refractivity contribution in [3.8, 4) is 0 Å². The van der Waals surface area contributed by atoms with Crippen molar-refractivity contribution in [1.82, 2.24) is 24.9 Å². The molecule has 190 valence electrons. The number of rotatable bonds is 4. The number of hydrogen-bond donors (Lipinski definition) is 2. The summed E-state index contributed by atoms with van der Waals surface area (Å²) in [7, 11) is 1.62. The predicted octanol–water partition coefficient (Wildman–Crippen LogP) is 3.85. The summed E-state index contributed by atoms with van der Waals surface area (Å²) in [6.07, 6.45) is -2.75. The van der Waals surface area contributed by atoms with Gasteiger partial charge < -0.3 is 15.1 Å². The molecule has 3 amide bonds. The van der Waals surface area contributed by atoms with Gasteiger partial charge in [0, 0.05) is 43.5 Å². The number of amides is 3. The van der Waals surface area contributed by atoms with Crippen molar-refractivity contribution in [2.24, 2.45) is 0 Å². The van der Waals surface area contributed by atoms with Gasteiger partial charge in [0.25, 0.3) is 5.91 Å². The summed E-state index contributed by atoms with van der Waals surface area (Å²) >= 11 is 0. The fourth-order valence-electron chi connectivity index (χ4n) is 4.89. The number of nitrogens with zero attached hydrogens (tertiary/aromatic N) is 4. The molecule has 0 aliphatic carbocycles. The maximum Gasteiger partial charge on any atom is 0.417 e. The average Bonchev–Trinajstić information content (AvgIpc) is 3.38. The van der Waals surface area contributed by atoms with Gasteiger partial charge in [-0.05, 0) is 45.4 Å². The van der Waals surface area contributed by atoms with Crippen LogP contribution in [0, 0.1) is 12.7 Å². The number of halogens is 4. The molecule has 2 saturated heterocycles. The molecular formula is C23H28F4N6O2. The van der Waals surface area contributed by atoms with Crippen molar-refractivity contribution < 1.29 is 27.2 Å². The minimum absolute atomic E-state index is 0.0331. The highest BCUT2D eigenvalue weighted by Crippen LogP contribution is 2.34. The van der Waals surface area contributed by atoms with Crippen LogP contribution in [0.15, 0.2) is 18.2 Å². The van der Waals surface area contributed by atoms with E-state index in [1.165, 1.54) is 4.90 Å². The smallest absolute Gasteiger partial charge is 0.323 e. The molecule has 0 radical (unpaired) electrons. The zero-order valence-electron chi connectivity index (χ0n) is 19.7. The van der Waals surface area contributed by atoms with E-state index in [1.807, 2.05) is 11.8 Å². The summed E-state index contributed by atoms with van der Waals surface area (Å²) in [6, 6.07) is 2.52. The molecule has 1 aromatic heterocycles. The van der Waals surface area contributed by atoms with Gasteiger partial charge in [-0.25, -0.2) is 9.18 Å². The molecule has 1 unspecified atom stereocenters. The number of anilines is 1. The number of aromatic nitrogens is 2. The minimum atomic E-state index is -4.91. The first-order valence-corrected chi connectivity index (χ1v) is 11.4. The first-order chi connectivity index (χ1) is 16.5. The van der Waals surface area contributed by atoms with E-state index in [2.05, 4.69) is 20.4 Å². The van der Waals surface area contributed by atoms with Gasteiger partial charge in [-0.1, -0.05) is 6.07 Å². The lowest BCUT2D eigenvalue weighted by Gasteiger charge is -2.43. The summed E-state index contributed by atoms with van der Waals surface area (Å²) < 4.78 is 54.3. The van der Waals surface area contributed by atoms with Crippen molar-refractivity contribution in [3.05, 3.63) is 46.4 Å². The number of hydrogen-bond acceptors (Lipinski definition) is 4. The zero-order valence-corrected chi connectivity index (χ0v) is 19.7. The van der Waals surface area contributed by atoms with Crippen molar-refractivity contribution in [1.29, 1.82) is 0 Å². The first kappa shape index (κ1) is 25.0. The Balaban J connectivity index is 1.51. The number of piperazine rings is 1. The lowest BCUT2D eigenvalue weighted by atomic mass is 10.1. The largest absolute Gasteiger partial charge is 0.417 e. The van der Waals surface area contributed by atoms with Crippen LogP contribution in [0.1, 0.15) is 46.9 Å². The molecule has 2 N–H and O–H groups in total. The number of benzene rings is 1. The highest BCUT2D eigenvalue weighted by Gasteiger charge is 2.39. The third-order valence-corrected chi connectivity index (χ3v) is 6.76. The van der Waals surface area contributed by atoms with Crippen LogP contribution in [0.25, 0.3) is 0 Å². The molecule has 12 heteroatoms. The van der Waals surface area contributed by atoms with E-state index in [9.17, 15) is 27.2 Å². The molecule has 35 heavy (non-hydrogen) atoms. The van der Waals surface area contributed by atoms with Gasteiger partial charge in [0.05, 0.1) is 17.7 Å². The Labute approximate surface area is 200 Å². The lowest BCUT2D eigenvalue weighted by molar-refractivity contribution is -0.138.